The van der Waals surface area contributed by atoms with E-state index in [0.717, 1.165) is 16.1 Å². The van der Waals surface area contributed by atoms with Crippen LogP contribution in [0.25, 0.3) is 0 Å². The molecule has 0 bridgehead atoms. The van der Waals surface area contributed by atoms with Crippen LogP contribution in [0.2, 0.25) is 10.0 Å². The maximum absolute atomic E-state index is 13.0. The maximum Gasteiger partial charge on any atom is 0.261 e. The van der Waals surface area contributed by atoms with E-state index in [1.165, 1.54) is 43.3 Å². The number of benzene rings is 3. The van der Waals surface area contributed by atoms with Crippen molar-refractivity contribution in [3.63, 3.8) is 0 Å². The summed E-state index contributed by atoms with van der Waals surface area (Å²) in [7, 11) is -7.78. The summed E-state index contributed by atoms with van der Waals surface area (Å²) in [6, 6.07) is 14.3. The number of carbonyl (C=O) groups is 1. The first-order valence-corrected chi connectivity index (χ1v) is 14.7. The van der Waals surface area contributed by atoms with Crippen LogP contribution in [0, 0.1) is 13.8 Å². The predicted molar refractivity (Wildman–Crippen MR) is 145 cm³/mol. The highest BCUT2D eigenvalue weighted by Crippen LogP contribution is 2.31. The fourth-order valence-corrected chi connectivity index (χ4v) is 6.19. The molecule has 0 fully saturated rings. The third-order valence-corrected chi connectivity index (χ3v) is 8.75. The lowest BCUT2D eigenvalue weighted by Crippen LogP contribution is -2.45. The molecule has 3 aromatic rings. The summed E-state index contributed by atoms with van der Waals surface area (Å²) in [5.74, 6) is -0.583. The number of rotatable bonds is 8. The second kappa shape index (κ2) is 10.7. The molecule has 2 N–H and O–H groups in total. The monoisotopic (exact) mass is 569 g/mol. The van der Waals surface area contributed by atoms with Crippen molar-refractivity contribution < 1.29 is 21.6 Å². The number of nitrogens with one attached hydrogen (secondary N) is 2. The van der Waals surface area contributed by atoms with E-state index in [2.05, 4.69) is 10.0 Å². The molecule has 0 aromatic heterocycles. The van der Waals surface area contributed by atoms with Crippen molar-refractivity contribution >= 4 is 66.2 Å². The Balaban J connectivity index is 1.81. The van der Waals surface area contributed by atoms with Crippen LogP contribution in [-0.4, -0.2) is 35.0 Å². The topological polar surface area (TPSA) is 113 Å². The van der Waals surface area contributed by atoms with Crippen LogP contribution in [-0.2, 0) is 24.8 Å². The van der Waals surface area contributed by atoms with Gasteiger partial charge in [-0.05, 0) is 74.4 Å². The summed E-state index contributed by atoms with van der Waals surface area (Å²) >= 11 is 12.0. The maximum atomic E-state index is 13.0. The first-order chi connectivity index (χ1) is 16.7. The van der Waals surface area contributed by atoms with Crippen molar-refractivity contribution in [2.24, 2.45) is 0 Å². The largest absolute Gasteiger partial charge is 0.324 e. The zero-order valence-corrected chi connectivity index (χ0v) is 23.1. The highest BCUT2D eigenvalue weighted by Gasteiger charge is 2.30. The summed E-state index contributed by atoms with van der Waals surface area (Å²) in [4.78, 5) is 12.9. The average molecular weight is 571 g/mol. The number of sulfonamides is 2. The van der Waals surface area contributed by atoms with E-state index in [4.69, 9.17) is 23.2 Å². The highest BCUT2D eigenvalue weighted by molar-refractivity contribution is 7.92. The summed E-state index contributed by atoms with van der Waals surface area (Å²) in [5.41, 5.74) is 2.38. The number of hydrogen-bond acceptors (Lipinski definition) is 5. The van der Waals surface area contributed by atoms with E-state index < -0.39 is 32.0 Å². The number of halogens is 2. The van der Waals surface area contributed by atoms with Gasteiger partial charge in [0.25, 0.3) is 10.0 Å². The van der Waals surface area contributed by atoms with Crippen molar-refractivity contribution in [3.8, 4) is 0 Å². The average Bonchev–Trinajstić information content (AvgIpc) is 2.78. The summed E-state index contributed by atoms with van der Waals surface area (Å²) in [5, 5.41) is 2.92. The van der Waals surface area contributed by atoms with Crippen LogP contribution >= 0.6 is 23.2 Å². The van der Waals surface area contributed by atoms with E-state index in [1.807, 2.05) is 13.0 Å². The fourth-order valence-electron chi connectivity index (χ4n) is 3.49. The normalized spacial score (nSPS) is 12.6. The second-order valence-corrected chi connectivity index (χ2v) is 12.6. The minimum Gasteiger partial charge on any atom is -0.324 e. The quantitative estimate of drug-likeness (QED) is 0.387. The zero-order chi connectivity index (χ0) is 26.8. The Morgan fingerprint density at radius 2 is 1.58 bits per heavy atom. The molecule has 3 aromatic carbocycles. The number of nitrogens with zero attached hydrogens (tertiary/aromatic N) is 1. The molecule has 0 unspecified atom stereocenters. The number of carbonyl (C=O) groups excluding carboxylic acids is 1. The van der Waals surface area contributed by atoms with Crippen molar-refractivity contribution in [2.75, 3.05) is 20.6 Å². The smallest absolute Gasteiger partial charge is 0.261 e. The Hall–Kier alpha value is -2.79. The van der Waals surface area contributed by atoms with Crippen molar-refractivity contribution in [1.29, 1.82) is 0 Å². The molecule has 192 valence electrons. The molecule has 8 nitrogen and oxygen atoms in total. The van der Waals surface area contributed by atoms with Gasteiger partial charge in [0.05, 0.1) is 32.6 Å². The van der Waals surface area contributed by atoms with Crippen LogP contribution in [0.3, 0.4) is 0 Å². The van der Waals surface area contributed by atoms with Gasteiger partial charge in [-0.15, -0.1) is 0 Å². The Labute approximate surface area is 221 Å². The molecule has 0 saturated carbocycles. The Bertz CT molecular complexity index is 1510. The molecule has 0 heterocycles. The molecule has 0 radical (unpaired) electrons. The molecule has 0 aliphatic rings. The Morgan fingerprint density at radius 3 is 2.19 bits per heavy atom. The van der Waals surface area contributed by atoms with Gasteiger partial charge in [-0.3, -0.25) is 13.8 Å². The summed E-state index contributed by atoms with van der Waals surface area (Å²) in [6.45, 7) is 5.08. The van der Waals surface area contributed by atoms with Crippen LogP contribution < -0.4 is 14.3 Å². The molecule has 0 saturated heterocycles. The lowest BCUT2D eigenvalue weighted by atomic mass is 10.1. The highest BCUT2D eigenvalue weighted by atomic mass is 35.5. The van der Waals surface area contributed by atoms with Crippen LogP contribution in [0.1, 0.15) is 18.1 Å². The van der Waals surface area contributed by atoms with Gasteiger partial charge < -0.3 is 5.32 Å². The number of aryl methyl sites for hydroxylation is 2. The third-order valence-electron chi connectivity index (χ3n) is 5.32. The lowest BCUT2D eigenvalue weighted by Gasteiger charge is -2.29. The SMILES string of the molecule is Cc1ccc(C)c(N([C@@H](C)C(=O)Nc2ccc(S(=O)(=O)Nc3cccc(Cl)c3Cl)cc2)S(C)(=O)=O)c1. The summed E-state index contributed by atoms with van der Waals surface area (Å²) < 4.78 is 54.1. The minimum absolute atomic E-state index is 0.0693. The van der Waals surface area contributed by atoms with Gasteiger partial charge in [-0.1, -0.05) is 41.4 Å². The van der Waals surface area contributed by atoms with E-state index >= 15 is 0 Å². The van der Waals surface area contributed by atoms with Crippen LogP contribution in [0.4, 0.5) is 17.1 Å². The molecule has 0 aliphatic heterocycles. The number of anilines is 3. The Kier molecular flexibility index (Phi) is 8.24. The van der Waals surface area contributed by atoms with E-state index in [-0.39, 0.29) is 20.6 Å². The van der Waals surface area contributed by atoms with Gasteiger partial charge in [-0.25, -0.2) is 16.8 Å². The van der Waals surface area contributed by atoms with Gasteiger partial charge in [0, 0.05) is 5.69 Å². The zero-order valence-electron chi connectivity index (χ0n) is 19.9. The van der Waals surface area contributed by atoms with E-state index in [9.17, 15) is 21.6 Å². The van der Waals surface area contributed by atoms with Crippen molar-refractivity contribution in [1.82, 2.24) is 0 Å². The fraction of sp³-hybridized carbons (Fsp3) is 0.208. The lowest BCUT2D eigenvalue weighted by molar-refractivity contribution is -0.116. The molecule has 36 heavy (non-hydrogen) atoms. The van der Waals surface area contributed by atoms with E-state index in [0.29, 0.717) is 16.9 Å². The summed E-state index contributed by atoms with van der Waals surface area (Å²) in [6.07, 6.45) is 1.04. The van der Waals surface area contributed by atoms with Crippen molar-refractivity contribution in [3.05, 3.63) is 81.8 Å². The van der Waals surface area contributed by atoms with Gasteiger partial charge in [-0.2, -0.15) is 0 Å². The number of amides is 1. The predicted octanol–water partition coefficient (Wildman–Crippen LogP) is 5.20. The first-order valence-electron chi connectivity index (χ1n) is 10.6. The van der Waals surface area contributed by atoms with Gasteiger partial charge in [0.2, 0.25) is 15.9 Å². The third kappa shape index (κ3) is 6.31. The molecule has 0 aliphatic carbocycles. The second-order valence-electron chi connectivity index (χ2n) is 8.25. The van der Waals surface area contributed by atoms with Gasteiger partial charge in [0.1, 0.15) is 6.04 Å². The molecule has 1 atom stereocenters. The van der Waals surface area contributed by atoms with Gasteiger partial charge in [0.15, 0.2) is 0 Å². The van der Waals surface area contributed by atoms with Crippen molar-refractivity contribution in [2.45, 2.75) is 31.7 Å². The van der Waals surface area contributed by atoms with Gasteiger partial charge >= 0.3 is 0 Å². The van der Waals surface area contributed by atoms with Crippen LogP contribution in [0.15, 0.2) is 65.6 Å². The molecule has 1 amide bonds. The molecular weight excluding hydrogens is 545 g/mol. The Morgan fingerprint density at radius 1 is 0.944 bits per heavy atom. The first kappa shape index (κ1) is 27.8. The standard InChI is InChI=1S/C24H25Cl2N3O5S2/c1-15-8-9-16(2)22(14-15)29(35(4,31)32)17(3)24(30)27-18-10-12-19(13-11-18)36(33,34)28-21-7-5-6-20(25)23(21)26/h5-14,17,28H,1-4H3,(H,27,30)/t17-/m0/s1. The minimum atomic E-state index is -3.99. The van der Waals surface area contributed by atoms with Crippen LogP contribution in [0.5, 0.6) is 0 Å². The number of hydrogen-bond donors (Lipinski definition) is 2. The molecular formula is C24H25Cl2N3O5S2. The molecule has 3 rings (SSSR count). The molecule has 12 heteroatoms. The molecule has 0 spiro atoms. The van der Waals surface area contributed by atoms with E-state index in [1.54, 1.807) is 25.1 Å².